The van der Waals surface area contributed by atoms with Gasteiger partial charge in [0.2, 0.25) is 15.9 Å². The number of esters is 1. The molecule has 2 fully saturated rings. The van der Waals surface area contributed by atoms with Crippen molar-refractivity contribution in [1.29, 1.82) is 0 Å². The van der Waals surface area contributed by atoms with Crippen LogP contribution in [0, 0.1) is 5.92 Å². The average molecular weight is 608 g/mol. The van der Waals surface area contributed by atoms with Crippen molar-refractivity contribution >= 4 is 50.4 Å². The first-order valence-corrected chi connectivity index (χ1v) is 15.8. The number of benzene rings is 2. The van der Waals surface area contributed by atoms with Gasteiger partial charge < -0.3 is 19.7 Å². The molecule has 224 valence electrons. The van der Waals surface area contributed by atoms with Gasteiger partial charge in [0.25, 0.3) is 0 Å². The number of hydrogen-bond donors (Lipinski definition) is 1. The van der Waals surface area contributed by atoms with Gasteiger partial charge in [0, 0.05) is 36.6 Å². The Hall–Kier alpha value is -2.89. The van der Waals surface area contributed by atoms with Gasteiger partial charge in [0.1, 0.15) is 11.6 Å². The molecule has 2 aliphatic rings. The average Bonchev–Trinajstić information content (AvgIpc) is 2.91. The third-order valence-electron chi connectivity index (χ3n) is 7.39. The summed E-state index contributed by atoms with van der Waals surface area (Å²) < 4.78 is 39.1. The van der Waals surface area contributed by atoms with E-state index in [4.69, 9.17) is 21.1 Å². The van der Waals surface area contributed by atoms with E-state index in [1.54, 1.807) is 58.0 Å². The van der Waals surface area contributed by atoms with Crippen molar-refractivity contribution in [3.8, 4) is 0 Å². The van der Waals surface area contributed by atoms with Crippen LogP contribution in [0.3, 0.4) is 0 Å². The molecular formula is C29H38ClN3O7S. The lowest BCUT2D eigenvalue weighted by atomic mass is 9.84. The molecule has 0 radical (unpaired) electrons. The third kappa shape index (κ3) is 7.50. The Kier molecular flexibility index (Phi) is 9.50. The van der Waals surface area contributed by atoms with Crippen molar-refractivity contribution in [1.82, 2.24) is 14.5 Å². The Bertz CT molecular complexity index is 1400. The number of nitrogens with one attached hydrogen (secondary N) is 1. The molecule has 41 heavy (non-hydrogen) atoms. The number of piperazine rings is 1. The summed E-state index contributed by atoms with van der Waals surface area (Å²) in [6, 6.07) is 8.86. The molecule has 1 saturated heterocycles. The van der Waals surface area contributed by atoms with Crippen LogP contribution >= 0.6 is 11.6 Å². The Balaban J connectivity index is 1.45. The highest BCUT2D eigenvalue weighted by molar-refractivity contribution is 7.89. The molecule has 0 spiro atoms. The van der Waals surface area contributed by atoms with Gasteiger partial charge in [0.15, 0.2) is 0 Å². The number of alkyl carbamates (subject to hydrolysis) is 1. The Labute approximate surface area is 246 Å². The van der Waals surface area contributed by atoms with E-state index < -0.39 is 33.7 Å². The van der Waals surface area contributed by atoms with Crippen molar-refractivity contribution in [3.05, 3.63) is 41.4 Å². The van der Waals surface area contributed by atoms with Gasteiger partial charge in [-0.2, -0.15) is 4.31 Å². The van der Waals surface area contributed by atoms with E-state index in [0.29, 0.717) is 30.7 Å². The lowest BCUT2D eigenvalue weighted by molar-refractivity contribution is -0.159. The maximum absolute atomic E-state index is 13.6. The first-order chi connectivity index (χ1) is 19.3. The van der Waals surface area contributed by atoms with Gasteiger partial charge in [-0.25, -0.2) is 18.0 Å². The minimum Gasteiger partial charge on any atom is -0.464 e. The quantitative estimate of drug-likeness (QED) is 0.485. The van der Waals surface area contributed by atoms with E-state index in [1.807, 2.05) is 0 Å². The van der Waals surface area contributed by atoms with Crippen LogP contribution in [-0.2, 0) is 29.1 Å². The fraction of sp³-hybridized carbons (Fsp3) is 0.552. The molecule has 1 N–H and O–H groups in total. The van der Waals surface area contributed by atoms with Crippen molar-refractivity contribution in [2.75, 3.05) is 26.2 Å². The highest BCUT2D eigenvalue weighted by Gasteiger charge is 2.43. The highest BCUT2D eigenvalue weighted by Crippen LogP contribution is 2.30. The molecule has 1 saturated carbocycles. The zero-order valence-electron chi connectivity index (χ0n) is 23.9. The first kappa shape index (κ1) is 31.1. The number of ether oxygens (including phenoxy) is 2. The topological polar surface area (TPSA) is 122 Å². The number of fused-ring (bicyclic) bond motifs is 1. The number of sulfonamides is 1. The molecule has 10 nitrogen and oxygen atoms in total. The van der Waals surface area contributed by atoms with Gasteiger partial charge in [-0.1, -0.05) is 23.7 Å². The molecule has 1 unspecified atom stereocenters. The molecule has 1 heterocycles. The predicted octanol–water partition coefficient (Wildman–Crippen LogP) is 4.34. The largest absolute Gasteiger partial charge is 0.464 e. The summed E-state index contributed by atoms with van der Waals surface area (Å²) in [5, 5.41) is 4.96. The standard InChI is InChI=1S/C29H38ClN3O7S/c1-5-39-27(35)25-18-32(41(37,38)24-13-9-20-16-22(30)10-6-21(20)17-24)14-15-33(25)26(34)19-7-11-23(12-8-19)31-28(36)40-29(2,3)4/h6,9-10,13,16-17,19,23,25H,5,7-8,11-12,14-15,18H2,1-4H3,(H,31,36)/t19-,23-,25?. The lowest BCUT2D eigenvalue weighted by Gasteiger charge is -2.41. The van der Waals surface area contributed by atoms with Crippen LogP contribution < -0.4 is 5.32 Å². The third-order valence-corrected chi connectivity index (χ3v) is 9.49. The molecule has 1 aliphatic heterocycles. The summed E-state index contributed by atoms with van der Waals surface area (Å²) in [6.45, 7) is 7.10. The van der Waals surface area contributed by atoms with Crippen molar-refractivity contribution in [2.24, 2.45) is 5.92 Å². The molecule has 12 heteroatoms. The van der Waals surface area contributed by atoms with Crippen LogP contribution in [0.1, 0.15) is 53.4 Å². The van der Waals surface area contributed by atoms with Gasteiger partial charge in [-0.05, 0) is 88.4 Å². The van der Waals surface area contributed by atoms with Gasteiger partial charge in [0.05, 0.1) is 11.5 Å². The molecule has 1 aliphatic carbocycles. The maximum Gasteiger partial charge on any atom is 0.407 e. The second-order valence-corrected chi connectivity index (χ2v) is 13.9. The molecule has 2 amide bonds. The first-order valence-electron chi connectivity index (χ1n) is 13.9. The summed E-state index contributed by atoms with van der Waals surface area (Å²) in [6.07, 6.45) is 1.79. The SMILES string of the molecule is CCOC(=O)C1CN(S(=O)(=O)c2ccc3cc(Cl)ccc3c2)CCN1C(=O)[C@H]1CC[C@H](NC(=O)OC(C)(C)C)CC1. The molecular weight excluding hydrogens is 570 g/mol. The van der Waals surface area contributed by atoms with E-state index >= 15 is 0 Å². The molecule has 4 rings (SSSR count). The highest BCUT2D eigenvalue weighted by atomic mass is 35.5. The zero-order chi connectivity index (χ0) is 29.9. The number of nitrogens with zero attached hydrogens (tertiary/aromatic N) is 2. The van der Waals surface area contributed by atoms with Crippen LogP contribution in [0.2, 0.25) is 5.02 Å². The number of carbonyl (C=O) groups is 3. The minimum atomic E-state index is -3.95. The summed E-state index contributed by atoms with van der Waals surface area (Å²) in [5.74, 6) is -1.16. The number of amides is 2. The summed E-state index contributed by atoms with van der Waals surface area (Å²) in [7, 11) is -3.95. The molecule has 0 bridgehead atoms. The normalized spacial score (nSPS) is 22.3. The number of hydrogen-bond acceptors (Lipinski definition) is 7. The van der Waals surface area contributed by atoms with Crippen LogP contribution in [0.4, 0.5) is 4.79 Å². The molecule has 2 aromatic rings. The van der Waals surface area contributed by atoms with E-state index in [-0.39, 0.29) is 49.0 Å². The van der Waals surface area contributed by atoms with Gasteiger partial charge in [-0.3, -0.25) is 4.79 Å². The minimum absolute atomic E-state index is 0.0537. The number of carbonyl (C=O) groups excluding carboxylic acids is 3. The van der Waals surface area contributed by atoms with Gasteiger partial charge >= 0.3 is 12.1 Å². The number of halogens is 1. The summed E-state index contributed by atoms with van der Waals surface area (Å²) in [4.78, 5) is 40.3. The number of rotatable bonds is 6. The van der Waals surface area contributed by atoms with E-state index in [2.05, 4.69) is 5.32 Å². The molecule has 1 atom stereocenters. The summed E-state index contributed by atoms with van der Waals surface area (Å²) in [5.41, 5.74) is -0.600. The maximum atomic E-state index is 13.6. The second-order valence-electron chi connectivity index (χ2n) is 11.5. The van der Waals surface area contributed by atoms with Crippen LogP contribution in [0.25, 0.3) is 10.8 Å². The fourth-order valence-corrected chi connectivity index (χ4v) is 7.03. The second kappa shape index (κ2) is 12.5. The van der Waals surface area contributed by atoms with Crippen LogP contribution in [0.5, 0.6) is 0 Å². The monoisotopic (exact) mass is 607 g/mol. The van der Waals surface area contributed by atoms with E-state index in [9.17, 15) is 22.8 Å². The molecule has 2 aromatic carbocycles. The predicted molar refractivity (Wildman–Crippen MR) is 155 cm³/mol. The molecule has 0 aromatic heterocycles. The zero-order valence-corrected chi connectivity index (χ0v) is 25.5. The Morgan fingerprint density at radius 3 is 2.32 bits per heavy atom. The van der Waals surface area contributed by atoms with Crippen LogP contribution in [0.15, 0.2) is 41.3 Å². The Morgan fingerprint density at radius 2 is 1.66 bits per heavy atom. The van der Waals surface area contributed by atoms with Crippen molar-refractivity contribution in [2.45, 2.75) is 76.0 Å². The van der Waals surface area contributed by atoms with Crippen molar-refractivity contribution < 1.29 is 32.3 Å². The van der Waals surface area contributed by atoms with Crippen molar-refractivity contribution in [3.63, 3.8) is 0 Å². The van der Waals surface area contributed by atoms with Gasteiger partial charge in [-0.15, -0.1) is 0 Å². The lowest BCUT2D eigenvalue weighted by Crippen LogP contribution is -2.60. The van der Waals surface area contributed by atoms with E-state index in [0.717, 1.165) is 10.8 Å². The van der Waals surface area contributed by atoms with E-state index in [1.165, 1.54) is 15.3 Å². The fourth-order valence-electron chi connectivity index (χ4n) is 5.38. The summed E-state index contributed by atoms with van der Waals surface area (Å²) >= 11 is 6.06. The smallest absolute Gasteiger partial charge is 0.407 e. The van der Waals surface area contributed by atoms with Crippen LogP contribution in [-0.4, -0.2) is 79.5 Å². The Morgan fingerprint density at radius 1 is 1.00 bits per heavy atom.